The number of nitrogens with one attached hydrogen (secondary N) is 1. The maximum atomic E-state index is 5.98. The Labute approximate surface area is 117 Å². The normalized spacial score (nSPS) is 13.0. The third-order valence-corrected chi connectivity index (χ3v) is 5.27. The second kappa shape index (κ2) is 5.19. The molecule has 0 aromatic carbocycles. The summed E-state index contributed by atoms with van der Waals surface area (Å²) in [6.07, 6.45) is 0. The lowest BCUT2D eigenvalue weighted by atomic mass is 10.1. The number of halogens is 2. The van der Waals surface area contributed by atoms with Gasteiger partial charge in [-0.1, -0.05) is 11.6 Å². The zero-order valence-corrected chi connectivity index (χ0v) is 12.9. The van der Waals surface area contributed by atoms with Gasteiger partial charge < -0.3 is 5.32 Å². The monoisotopic (exact) mass is 335 g/mol. The van der Waals surface area contributed by atoms with Crippen LogP contribution in [-0.2, 0) is 0 Å². The van der Waals surface area contributed by atoms with Gasteiger partial charge in [0, 0.05) is 9.75 Å². The van der Waals surface area contributed by atoms with E-state index < -0.39 is 0 Å². The van der Waals surface area contributed by atoms with Crippen LogP contribution in [0.25, 0.3) is 0 Å². The lowest BCUT2D eigenvalue weighted by Gasteiger charge is -2.14. The Kier molecular flexibility index (Phi) is 4.08. The molecule has 2 rings (SSSR count). The molecule has 1 N–H and O–H groups in total. The highest BCUT2D eigenvalue weighted by atomic mass is 79.9. The Morgan fingerprint density at radius 1 is 1.38 bits per heavy atom. The van der Waals surface area contributed by atoms with Crippen LogP contribution in [0.3, 0.4) is 0 Å². The molecule has 16 heavy (non-hydrogen) atoms. The Morgan fingerprint density at radius 3 is 2.56 bits per heavy atom. The van der Waals surface area contributed by atoms with Crippen molar-refractivity contribution in [2.45, 2.75) is 13.0 Å². The SMILES string of the molecule is CNC(c1ccc(Cl)s1)c1cc(Br)sc1C. The van der Waals surface area contributed by atoms with Crippen molar-refractivity contribution >= 4 is 50.2 Å². The van der Waals surface area contributed by atoms with Crippen molar-refractivity contribution in [1.82, 2.24) is 5.32 Å². The summed E-state index contributed by atoms with van der Waals surface area (Å²) >= 11 is 12.9. The smallest absolute Gasteiger partial charge is 0.0931 e. The largest absolute Gasteiger partial charge is 0.309 e. The molecule has 0 saturated carbocycles. The molecular weight excluding hydrogens is 326 g/mol. The summed E-state index contributed by atoms with van der Waals surface area (Å²) < 4.78 is 2.00. The highest BCUT2D eigenvalue weighted by Crippen LogP contribution is 2.36. The molecule has 0 fully saturated rings. The maximum Gasteiger partial charge on any atom is 0.0931 e. The maximum absolute atomic E-state index is 5.98. The Balaban J connectivity index is 2.40. The van der Waals surface area contributed by atoms with Crippen molar-refractivity contribution in [1.29, 1.82) is 0 Å². The molecule has 0 bridgehead atoms. The number of rotatable bonds is 3. The fourth-order valence-corrected chi connectivity index (χ4v) is 4.62. The average Bonchev–Trinajstić information content (AvgIpc) is 2.76. The molecule has 0 amide bonds. The van der Waals surface area contributed by atoms with Crippen molar-refractivity contribution in [2.24, 2.45) is 0 Å². The molecule has 86 valence electrons. The fourth-order valence-electron chi connectivity index (χ4n) is 1.68. The predicted molar refractivity (Wildman–Crippen MR) is 77.0 cm³/mol. The van der Waals surface area contributed by atoms with Gasteiger partial charge in [0.25, 0.3) is 0 Å². The van der Waals surface area contributed by atoms with E-state index in [9.17, 15) is 0 Å². The van der Waals surface area contributed by atoms with Crippen molar-refractivity contribution in [3.05, 3.63) is 41.6 Å². The zero-order chi connectivity index (χ0) is 11.7. The number of aryl methyl sites for hydroxylation is 1. The molecule has 2 heterocycles. The van der Waals surface area contributed by atoms with Crippen LogP contribution in [0.4, 0.5) is 0 Å². The first kappa shape index (κ1) is 12.6. The van der Waals surface area contributed by atoms with Crippen LogP contribution < -0.4 is 5.32 Å². The fraction of sp³-hybridized carbons (Fsp3) is 0.273. The number of thiophene rings is 2. The molecule has 2 aromatic heterocycles. The van der Waals surface area contributed by atoms with E-state index in [1.54, 1.807) is 22.7 Å². The van der Waals surface area contributed by atoms with Crippen LogP contribution in [0.5, 0.6) is 0 Å². The van der Waals surface area contributed by atoms with E-state index >= 15 is 0 Å². The number of hydrogen-bond acceptors (Lipinski definition) is 3. The summed E-state index contributed by atoms with van der Waals surface area (Å²) in [5.74, 6) is 0. The van der Waals surface area contributed by atoms with Crippen LogP contribution in [0.2, 0.25) is 4.34 Å². The van der Waals surface area contributed by atoms with Crippen LogP contribution in [0, 0.1) is 6.92 Å². The molecule has 0 aliphatic heterocycles. The summed E-state index contributed by atoms with van der Waals surface area (Å²) in [7, 11) is 1.98. The Morgan fingerprint density at radius 2 is 2.12 bits per heavy atom. The molecule has 2 aromatic rings. The lowest BCUT2D eigenvalue weighted by Crippen LogP contribution is -2.16. The Bertz CT molecular complexity index is 492. The molecule has 1 unspecified atom stereocenters. The lowest BCUT2D eigenvalue weighted by molar-refractivity contribution is 0.703. The van der Waals surface area contributed by atoms with E-state index in [0.29, 0.717) is 0 Å². The molecule has 1 atom stereocenters. The van der Waals surface area contributed by atoms with E-state index in [1.165, 1.54) is 19.1 Å². The quantitative estimate of drug-likeness (QED) is 0.845. The van der Waals surface area contributed by atoms with E-state index in [4.69, 9.17) is 11.6 Å². The van der Waals surface area contributed by atoms with Gasteiger partial charge in [-0.3, -0.25) is 0 Å². The first-order chi connectivity index (χ1) is 7.61. The predicted octanol–water partition coefficient (Wildman–Crippen LogP) is 4.84. The van der Waals surface area contributed by atoms with Gasteiger partial charge in [0.15, 0.2) is 0 Å². The van der Waals surface area contributed by atoms with E-state index in [0.717, 1.165) is 4.34 Å². The van der Waals surface area contributed by atoms with Crippen LogP contribution >= 0.6 is 50.2 Å². The van der Waals surface area contributed by atoms with Gasteiger partial charge in [0.1, 0.15) is 0 Å². The van der Waals surface area contributed by atoms with Gasteiger partial charge in [-0.2, -0.15) is 0 Å². The minimum atomic E-state index is 0.236. The van der Waals surface area contributed by atoms with Crippen LogP contribution in [0.1, 0.15) is 21.4 Å². The molecule has 0 aliphatic carbocycles. The standard InChI is InChI=1S/C11H11BrClNS2/c1-6-7(5-9(12)15-6)11(14-2)8-3-4-10(13)16-8/h3-5,11,14H,1-2H3. The molecule has 0 aliphatic rings. The van der Waals surface area contributed by atoms with Crippen molar-refractivity contribution in [3.63, 3.8) is 0 Å². The summed E-state index contributed by atoms with van der Waals surface area (Å²) in [4.78, 5) is 2.58. The third kappa shape index (κ3) is 2.51. The van der Waals surface area contributed by atoms with Crippen molar-refractivity contribution in [2.75, 3.05) is 7.05 Å². The first-order valence-corrected chi connectivity index (χ1v) is 7.60. The number of hydrogen-bond donors (Lipinski definition) is 1. The summed E-state index contributed by atoms with van der Waals surface area (Å²) in [5.41, 5.74) is 1.32. The van der Waals surface area contributed by atoms with Crippen LogP contribution in [-0.4, -0.2) is 7.05 Å². The van der Waals surface area contributed by atoms with Crippen molar-refractivity contribution in [3.8, 4) is 0 Å². The molecular formula is C11H11BrClNS2. The van der Waals surface area contributed by atoms with Gasteiger partial charge in [-0.05, 0) is 53.7 Å². The second-order valence-electron chi connectivity index (χ2n) is 3.43. The highest BCUT2D eigenvalue weighted by molar-refractivity contribution is 9.11. The zero-order valence-electron chi connectivity index (χ0n) is 8.88. The Hall–Kier alpha value is 0.130. The average molecular weight is 337 g/mol. The third-order valence-electron chi connectivity index (χ3n) is 2.40. The van der Waals surface area contributed by atoms with Gasteiger partial charge in [0.2, 0.25) is 0 Å². The molecule has 0 spiro atoms. The topological polar surface area (TPSA) is 12.0 Å². The molecule has 5 heteroatoms. The van der Waals surface area contributed by atoms with E-state index in [2.05, 4.69) is 40.3 Å². The molecule has 0 saturated heterocycles. The van der Waals surface area contributed by atoms with Gasteiger partial charge >= 0.3 is 0 Å². The minimum Gasteiger partial charge on any atom is -0.309 e. The van der Waals surface area contributed by atoms with Gasteiger partial charge in [0.05, 0.1) is 14.2 Å². The second-order valence-corrected chi connectivity index (χ2v) is 7.81. The highest BCUT2D eigenvalue weighted by Gasteiger charge is 2.18. The summed E-state index contributed by atoms with van der Waals surface area (Å²) in [6, 6.07) is 6.44. The van der Waals surface area contributed by atoms with Gasteiger partial charge in [-0.25, -0.2) is 0 Å². The molecule has 1 nitrogen and oxygen atoms in total. The van der Waals surface area contributed by atoms with Crippen molar-refractivity contribution < 1.29 is 0 Å². The van der Waals surface area contributed by atoms with Gasteiger partial charge in [-0.15, -0.1) is 22.7 Å². The van der Waals surface area contributed by atoms with E-state index in [-0.39, 0.29) is 6.04 Å². The summed E-state index contributed by atoms with van der Waals surface area (Å²) in [6.45, 7) is 2.14. The van der Waals surface area contributed by atoms with E-state index in [1.807, 2.05) is 13.1 Å². The molecule has 0 radical (unpaired) electrons. The minimum absolute atomic E-state index is 0.236. The summed E-state index contributed by atoms with van der Waals surface area (Å²) in [5, 5.41) is 3.34. The first-order valence-electron chi connectivity index (χ1n) is 4.80. The van der Waals surface area contributed by atoms with Crippen LogP contribution in [0.15, 0.2) is 22.0 Å².